The van der Waals surface area contributed by atoms with Crippen molar-refractivity contribution < 1.29 is 9.90 Å². The van der Waals surface area contributed by atoms with Crippen LogP contribution in [0.3, 0.4) is 0 Å². The predicted molar refractivity (Wildman–Crippen MR) is 121 cm³/mol. The van der Waals surface area contributed by atoms with Crippen molar-refractivity contribution >= 4 is 23.7 Å². The number of hydrogen-bond acceptors (Lipinski definition) is 6. The Kier molecular flexibility index (Phi) is 7.51. The van der Waals surface area contributed by atoms with E-state index in [1.54, 1.807) is 0 Å². The van der Waals surface area contributed by atoms with Gasteiger partial charge in [-0.2, -0.15) is 4.98 Å². The zero-order valence-corrected chi connectivity index (χ0v) is 17.5. The molecule has 4 rings (SSSR count). The molecule has 6 nitrogen and oxygen atoms in total. The van der Waals surface area contributed by atoms with Gasteiger partial charge in [0.05, 0.1) is 11.8 Å². The lowest BCUT2D eigenvalue weighted by Gasteiger charge is -2.30. The number of benzene rings is 2. The van der Waals surface area contributed by atoms with Gasteiger partial charge in [0.2, 0.25) is 5.95 Å². The molecule has 156 valence electrons. The summed E-state index contributed by atoms with van der Waals surface area (Å²) in [5.74, 6) is 1.48. The van der Waals surface area contributed by atoms with Crippen LogP contribution < -0.4 is 10.2 Å². The van der Waals surface area contributed by atoms with E-state index in [4.69, 9.17) is 14.8 Å². The van der Waals surface area contributed by atoms with Crippen LogP contribution >= 0.6 is 0 Å². The van der Waals surface area contributed by atoms with Gasteiger partial charge in [-0.05, 0) is 38.8 Å². The summed E-state index contributed by atoms with van der Waals surface area (Å²) in [6.07, 6.45) is 2.08. The second kappa shape index (κ2) is 10.5. The topological polar surface area (TPSA) is 78.4 Å². The molecule has 1 saturated heterocycles. The Balaban J connectivity index is 0.000000806. The molecule has 2 heterocycles. The number of aromatic nitrogens is 2. The molecular formula is C24H28N4O2. The maximum atomic E-state index is 9.81. The highest BCUT2D eigenvalue weighted by Gasteiger charge is 2.19. The molecule has 0 spiro atoms. The number of hydrogen-bond donors (Lipinski definition) is 2. The number of nitrogens with zero attached hydrogens (tertiary/aromatic N) is 3. The summed E-state index contributed by atoms with van der Waals surface area (Å²) < 4.78 is 0. The Morgan fingerprint density at radius 3 is 2.30 bits per heavy atom. The lowest BCUT2D eigenvalue weighted by atomic mass is 10.1. The molecule has 1 aliphatic rings. The zero-order valence-electron chi connectivity index (χ0n) is 17.5. The summed E-state index contributed by atoms with van der Waals surface area (Å²) in [5.41, 5.74) is 4.13. The van der Waals surface area contributed by atoms with Crippen LogP contribution in [0.15, 0.2) is 60.7 Å². The summed E-state index contributed by atoms with van der Waals surface area (Å²) in [6.45, 7) is 5.12. The highest BCUT2D eigenvalue weighted by Crippen LogP contribution is 2.26. The number of aryl methyl sites for hydroxylation is 1. The number of anilines is 3. The number of rotatable bonds is 4. The molecule has 1 aliphatic heterocycles. The van der Waals surface area contributed by atoms with Crippen LogP contribution in [0, 0.1) is 6.92 Å². The molecule has 2 aromatic carbocycles. The monoisotopic (exact) mass is 404 g/mol. The van der Waals surface area contributed by atoms with Crippen molar-refractivity contribution in [3.05, 3.63) is 66.2 Å². The number of piperidine rings is 1. The van der Waals surface area contributed by atoms with Gasteiger partial charge in [0.25, 0.3) is 0 Å². The van der Waals surface area contributed by atoms with Crippen molar-refractivity contribution in [2.45, 2.75) is 32.8 Å². The molecule has 0 radical (unpaired) electrons. The Labute approximate surface area is 177 Å². The largest absolute Gasteiger partial charge is 0.393 e. The van der Waals surface area contributed by atoms with E-state index in [9.17, 15) is 5.11 Å². The fourth-order valence-corrected chi connectivity index (χ4v) is 3.27. The van der Waals surface area contributed by atoms with E-state index in [0.29, 0.717) is 5.95 Å². The van der Waals surface area contributed by atoms with Crippen LogP contribution in [0.5, 0.6) is 0 Å². The third-order valence-corrected chi connectivity index (χ3v) is 4.88. The van der Waals surface area contributed by atoms with E-state index in [1.807, 2.05) is 36.4 Å². The molecule has 6 heteroatoms. The van der Waals surface area contributed by atoms with Crippen molar-refractivity contribution in [3.8, 4) is 11.3 Å². The third-order valence-electron chi connectivity index (χ3n) is 4.88. The Morgan fingerprint density at radius 1 is 1.03 bits per heavy atom. The first-order valence-electron chi connectivity index (χ1n) is 10.2. The summed E-state index contributed by atoms with van der Waals surface area (Å²) in [5, 5.41) is 13.1. The van der Waals surface area contributed by atoms with Crippen LogP contribution in [0.25, 0.3) is 11.3 Å². The fraction of sp³-hybridized carbons (Fsp3) is 0.292. The molecular weight excluding hydrogens is 376 g/mol. The van der Waals surface area contributed by atoms with Gasteiger partial charge in [0, 0.05) is 30.4 Å². The average molecular weight is 405 g/mol. The molecule has 1 fully saturated rings. The molecule has 2 N–H and O–H groups in total. The third kappa shape index (κ3) is 5.87. The van der Waals surface area contributed by atoms with Gasteiger partial charge in [0.1, 0.15) is 12.1 Å². The maximum Gasteiger partial charge on any atom is 0.229 e. The minimum atomic E-state index is -0.207. The van der Waals surface area contributed by atoms with E-state index in [2.05, 4.69) is 41.4 Å². The zero-order chi connectivity index (χ0) is 21.3. The molecule has 0 unspecified atom stereocenters. The number of carbonyl (C=O) groups excluding carboxylic acids is 1. The molecule has 3 aromatic rings. The first kappa shape index (κ1) is 21.5. The minimum absolute atomic E-state index is 0.207. The van der Waals surface area contributed by atoms with E-state index in [1.165, 1.54) is 12.5 Å². The fourth-order valence-electron chi connectivity index (χ4n) is 3.27. The smallest absolute Gasteiger partial charge is 0.229 e. The van der Waals surface area contributed by atoms with Gasteiger partial charge < -0.3 is 20.1 Å². The maximum absolute atomic E-state index is 9.81. The first-order valence-corrected chi connectivity index (χ1v) is 10.2. The molecule has 0 saturated carbocycles. The van der Waals surface area contributed by atoms with Crippen molar-refractivity contribution in [1.29, 1.82) is 0 Å². The second-order valence-electron chi connectivity index (χ2n) is 7.25. The highest BCUT2D eigenvalue weighted by molar-refractivity contribution is 5.66. The quantitative estimate of drug-likeness (QED) is 0.629. The van der Waals surface area contributed by atoms with Crippen molar-refractivity contribution in [3.63, 3.8) is 0 Å². The van der Waals surface area contributed by atoms with Crippen LogP contribution in [0.1, 0.15) is 25.3 Å². The van der Waals surface area contributed by atoms with E-state index >= 15 is 0 Å². The minimum Gasteiger partial charge on any atom is -0.393 e. The summed E-state index contributed by atoms with van der Waals surface area (Å²) >= 11 is 0. The predicted octanol–water partition coefficient (Wildman–Crippen LogP) is 4.36. The number of carbonyl (C=O) groups is 1. The number of nitrogens with one attached hydrogen (secondary N) is 1. The van der Waals surface area contributed by atoms with Crippen molar-refractivity contribution in [2.75, 3.05) is 23.3 Å². The molecule has 30 heavy (non-hydrogen) atoms. The van der Waals surface area contributed by atoms with Gasteiger partial charge in [-0.3, -0.25) is 0 Å². The number of aliphatic hydroxyl groups excluding tert-OH is 1. The van der Waals surface area contributed by atoms with Crippen LogP contribution in [-0.2, 0) is 4.79 Å². The summed E-state index contributed by atoms with van der Waals surface area (Å²) in [7, 11) is 0. The first-order chi connectivity index (χ1) is 14.6. The second-order valence-corrected chi connectivity index (χ2v) is 7.25. The van der Waals surface area contributed by atoms with Gasteiger partial charge in [-0.1, -0.05) is 48.0 Å². The molecule has 1 aromatic heterocycles. The molecule has 0 amide bonds. The molecule has 0 bridgehead atoms. The van der Waals surface area contributed by atoms with Crippen LogP contribution in [0.4, 0.5) is 17.5 Å². The van der Waals surface area contributed by atoms with Crippen LogP contribution in [-0.4, -0.2) is 40.6 Å². The van der Waals surface area contributed by atoms with Crippen molar-refractivity contribution in [2.24, 2.45) is 0 Å². The highest BCUT2D eigenvalue weighted by atomic mass is 16.3. The Hall–Kier alpha value is -3.25. The van der Waals surface area contributed by atoms with E-state index in [0.717, 1.165) is 55.0 Å². The normalized spacial score (nSPS) is 13.9. The number of aldehydes is 1. The van der Waals surface area contributed by atoms with E-state index in [-0.39, 0.29) is 6.10 Å². The Bertz CT molecular complexity index is 937. The number of aliphatic hydroxyl groups is 1. The lowest BCUT2D eigenvalue weighted by Crippen LogP contribution is -2.36. The summed E-state index contributed by atoms with van der Waals surface area (Å²) in [4.78, 5) is 20.5. The SMILES string of the molecule is CC=O.Cc1ccc(Nc2nc(-c3ccccc3)cc(N3CCC(O)CC3)n2)cc1. The average Bonchev–Trinajstić information content (AvgIpc) is 2.77. The molecule has 0 aliphatic carbocycles. The van der Waals surface area contributed by atoms with Crippen LogP contribution in [0.2, 0.25) is 0 Å². The van der Waals surface area contributed by atoms with Gasteiger partial charge in [-0.25, -0.2) is 4.98 Å². The van der Waals surface area contributed by atoms with Gasteiger partial charge in [0.15, 0.2) is 0 Å². The lowest BCUT2D eigenvalue weighted by molar-refractivity contribution is -0.106. The standard InChI is InChI=1S/C22H24N4O.C2H4O/c1-16-7-9-18(10-8-16)23-22-24-20(17-5-3-2-4-6-17)15-21(25-22)26-13-11-19(27)12-14-26;1-2-3/h2-10,15,19,27H,11-14H2,1H3,(H,23,24,25);2H,1H3. The Morgan fingerprint density at radius 2 is 1.67 bits per heavy atom. The van der Waals surface area contributed by atoms with Crippen molar-refractivity contribution in [1.82, 2.24) is 9.97 Å². The summed E-state index contributed by atoms with van der Waals surface area (Å²) in [6, 6.07) is 20.4. The van der Waals surface area contributed by atoms with E-state index < -0.39 is 0 Å². The van der Waals surface area contributed by atoms with Gasteiger partial charge >= 0.3 is 0 Å². The van der Waals surface area contributed by atoms with Gasteiger partial charge in [-0.15, -0.1) is 0 Å². The molecule has 0 atom stereocenters.